The van der Waals surface area contributed by atoms with Crippen molar-refractivity contribution in [2.45, 2.75) is 0 Å². The normalized spacial score (nSPS) is 13.7. The van der Waals surface area contributed by atoms with Crippen LogP contribution in [0.3, 0.4) is 0 Å². The van der Waals surface area contributed by atoms with E-state index >= 15 is 0 Å². The van der Waals surface area contributed by atoms with Gasteiger partial charge in [0, 0.05) is 45.7 Å². The molecule has 1 aliphatic carbocycles. The Kier molecular flexibility index (Phi) is 3.64. The van der Waals surface area contributed by atoms with E-state index in [0.29, 0.717) is 21.8 Å². The lowest BCUT2D eigenvalue weighted by atomic mass is 9.90. The van der Waals surface area contributed by atoms with Crippen LogP contribution in [0.4, 0.5) is 5.69 Å². The van der Waals surface area contributed by atoms with Gasteiger partial charge >= 0.3 is 0 Å². The number of nitrogens with one attached hydrogen (secondary N) is 1. The van der Waals surface area contributed by atoms with Crippen LogP contribution in [0.15, 0.2) is 72.4 Å². The van der Waals surface area contributed by atoms with Crippen molar-refractivity contribution < 1.29 is 9.59 Å². The lowest BCUT2D eigenvalue weighted by Crippen LogP contribution is -2.22. The minimum Gasteiger partial charge on any atom is -0.352 e. The van der Waals surface area contributed by atoms with Crippen LogP contribution in [0.25, 0.3) is 21.8 Å². The molecule has 5 heteroatoms. The number of halogens is 1. The molecule has 0 spiro atoms. The molecule has 1 heterocycles. The maximum absolute atomic E-state index is 13.4. The van der Waals surface area contributed by atoms with E-state index in [4.69, 9.17) is 11.6 Å². The third-order valence-corrected chi connectivity index (χ3v) is 5.46. The Balaban J connectivity index is 1.71. The summed E-state index contributed by atoms with van der Waals surface area (Å²) >= 11 is 5.93. The van der Waals surface area contributed by atoms with Crippen LogP contribution in [0, 0.1) is 0 Å². The van der Waals surface area contributed by atoms with Crippen molar-refractivity contribution in [1.82, 2.24) is 4.57 Å². The Hall–Kier alpha value is -3.37. The van der Waals surface area contributed by atoms with Gasteiger partial charge in [0.05, 0.1) is 16.8 Å². The Labute approximate surface area is 166 Å². The number of anilines is 1. The van der Waals surface area contributed by atoms with Crippen molar-refractivity contribution in [3.63, 3.8) is 0 Å². The summed E-state index contributed by atoms with van der Waals surface area (Å²) in [5, 5.41) is 5.70. The zero-order valence-corrected chi connectivity index (χ0v) is 15.7. The fourth-order valence-electron chi connectivity index (χ4n) is 3.90. The number of fused-ring (bicyclic) bond motifs is 5. The summed E-state index contributed by atoms with van der Waals surface area (Å²) in [5.74, 6) is -0.376. The number of rotatable bonds is 2. The van der Waals surface area contributed by atoms with E-state index in [0.717, 1.165) is 21.8 Å². The molecule has 3 aromatic carbocycles. The Morgan fingerprint density at radius 3 is 2.43 bits per heavy atom. The number of carbonyl (C=O) groups is 2. The first-order chi connectivity index (χ1) is 13.5. The van der Waals surface area contributed by atoms with Gasteiger partial charge in [0.15, 0.2) is 5.78 Å². The molecule has 5 rings (SSSR count). The SMILES string of the molecule is Cn1c2ccccc2c2ccc3c(c21)C(=O)C(Nc1ccc(Cl)cc1)=CC3=O. The van der Waals surface area contributed by atoms with Gasteiger partial charge in [-0.2, -0.15) is 0 Å². The third-order valence-electron chi connectivity index (χ3n) is 5.20. The minimum absolute atomic E-state index is 0.182. The highest BCUT2D eigenvalue weighted by atomic mass is 35.5. The van der Waals surface area contributed by atoms with Crippen molar-refractivity contribution in [1.29, 1.82) is 0 Å². The Morgan fingerprint density at radius 2 is 1.64 bits per heavy atom. The van der Waals surface area contributed by atoms with Crippen LogP contribution in [0.1, 0.15) is 20.7 Å². The fourth-order valence-corrected chi connectivity index (χ4v) is 4.02. The molecule has 0 aliphatic heterocycles. The molecular formula is C23H15ClN2O2. The molecule has 4 nitrogen and oxygen atoms in total. The van der Waals surface area contributed by atoms with Crippen LogP contribution in [-0.2, 0) is 7.05 Å². The number of allylic oxidation sites excluding steroid dienone is 2. The molecule has 0 atom stereocenters. The molecule has 28 heavy (non-hydrogen) atoms. The number of nitrogens with zero attached hydrogens (tertiary/aromatic N) is 1. The number of aromatic nitrogens is 1. The van der Waals surface area contributed by atoms with E-state index < -0.39 is 0 Å². The molecule has 4 aromatic rings. The van der Waals surface area contributed by atoms with Gasteiger partial charge in [-0.05, 0) is 36.4 Å². The average Bonchev–Trinajstić information content (AvgIpc) is 3.00. The predicted octanol–water partition coefficient (Wildman–Crippen LogP) is 5.36. The largest absolute Gasteiger partial charge is 0.352 e. The standard InChI is InChI=1S/C23H15ClN2O2/c1-26-19-5-3-2-4-15(19)16-10-11-17-20(27)12-18(23(28)21(17)22(16)26)25-14-8-6-13(24)7-9-14/h2-12,25H,1H3. The van der Waals surface area contributed by atoms with E-state index in [1.807, 2.05) is 41.9 Å². The van der Waals surface area contributed by atoms with E-state index in [9.17, 15) is 9.59 Å². The molecule has 136 valence electrons. The monoisotopic (exact) mass is 386 g/mol. The second-order valence-corrected chi connectivity index (χ2v) is 7.28. The maximum Gasteiger partial charge on any atom is 0.212 e. The smallest absolute Gasteiger partial charge is 0.212 e. The van der Waals surface area contributed by atoms with E-state index in [1.54, 1.807) is 30.3 Å². The van der Waals surface area contributed by atoms with Crippen LogP contribution >= 0.6 is 11.6 Å². The highest BCUT2D eigenvalue weighted by Crippen LogP contribution is 2.35. The first-order valence-corrected chi connectivity index (χ1v) is 9.26. The summed E-state index contributed by atoms with van der Waals surface area (Å²) in [5.41, 5.74) is 3.64. The highest BCUT2D eigenvalue weighted by molar-refractivity contribution is 6.31. The van der Waals surface area contributed by atoms with Crippen LogP contribution in [-0.4, -0.2) is 16.1 Å². The molecule has 1 N–H and O–H groups in total. The number of para-hydroxylation sites is 1. The highest BCUT2D eigenvalue weighted by Gasteiger charge is 2.29. The van der Waals surface area contributed by atoms with Gasteiger partial charge in [0.1, 0.15) is 0 Å². The van der Waals surface area contributed by atoms with Crippen molar-refractivity contribution in [2.24, 2.45) is 7.05 Å². The van der Waals surface area contributed by atoms with Gasteiger partial charge in [-0.1, -0.05) is 35.9 Å². The first kappa shape index (κ1) is 16.8. The van der Waals surface area contributed by atoms with Crippen LogP contribution < -0.4 is 5.32 Å². The second-order valence-electron chi connectivity index (χ2n) is 6.84. The van der Waals surface area contributed by atoms with Gasteiger partial charge < -0.3 is 9.88 Å². The molecule has 0 fully saturated rings. The number of hydrogen-bond acceptors (Lipinski definition) is 3. The quantitative estimate of drug-likeness (QED) is 0.504. The zero-order valence-electron chi connectivity index (χ0n) is 15.0. The number of ketones is 2. The molecule has 1 aliphatic rings. The molecule has 0 saturated heterocycles. The van der Waals surface area contributed by atoms with Crippen LogP contribution in [0.5, 0.6) is 0 Å². The van der Waals surface area contributed by atoms with Crippen molar-refractivity contribution >= 4 is 50.7 Å². The fraction of sp³-hybridized carbons (Fsp3) is 0.0435. The summed E-state index contributed by atoms with van der Waals surface area (Å²) in [6, 6.07) is 18.7. The molecule has 0 saturated carbocycles. The summed E-state index contributed by atoms with van der Waals surface area (Å²) in [7, 11) is 1.92. The van der Waals surface area contributed by atoms with Gasteiger partial charge in [-0.3, -0.25) is 9.59 Å². The lowest BCUT2D eigenvalue weighted by molar-refractivity contribution is 0.0986. The van der Waals surface area contributed by atoms with E-state index in [2.05, 4.69) is 5.32 Å². The van der Waals surface area contributed by atoms with Crippen LogP contribution in [0.2, 0.25) is 5.02 Å². The van der Waals surface area contributed by atoms with Crippen molar-refractivity contribution in [3.05, 3.63) is 88.6 Å². The number of Topliss-reactive ketones (excluding diaryl/α,β-unsaturated/α-hetero) is 1. The third kappa shape index (κ3) is 2.38. The number of carbonyl (C=O) groups excluding carboxylic acids is 2. The summed E-state index contributed by atoms with van der Waals surface area (Å²) in [4.78, 5) is 26.1. The Morgan fingerprint density at radius 1 is 0.893 bits per heavy atom. The molecule has 1 aromatic heterocycles. The molecular weight excluding hydrogens is 372 g/mol. The summed E-state index contributed by atoms with van der Waals surface area (Å²) in [6.45, 7) is 0. The minimum atomic E-state index is -0.193. The number of hydrogen-bond donors (Lipinski definition) is 1. The second kappa shape index (κ2) is 6.08. The molecule has 0 bridgehead atoms. The van der Waals surface area contributed by atoms with Crippen molar-refractivity contribution in [2.75, 3.05) is 5.32 Å². The van der Waals surface area contributed by atoms with Gasteiger partial charge in [-0.25, -0.2) is 0 Å². The summed E-state index contributed by atoms with van der Waals surface area (Å²) < 4.78 is 1.99. The van der Waals surface area contributed by atoms with Crippen molar-refractivity contribution in [3.8, 4) is 0 Å². The number of aryl methyl sites for hydroxylation is 1. The topological polar surface area (TPSA) is 51.1 Å². The first-order valence-electron chi connectivity index (χ1n) is 8.88. The number of benzene rings is 3. The average molecular weight is 387 g/mol. The maximum atomic E-state index is 13.4. The summed E-state index contributed by atoms with van der Waals surface area (Å²) in [6.07, 6.45) is 1.37. The van der Waals surface area contributed by atoms with Gasteiger partial charge in [-0.15, -0.1) is 0 Å². The lowest BCUT2D eigenvalue weighted by Gasteiger charge is -2.18. The predicted molar refractivity (Wildman–Crippen MR) is 112 cm³/mol. The van der Waals surface area contributed by atoms with Gasteiger partial charge in [0.2, 0.25) is 5.78 Å². The zero-order chi connectivity index (χ0) is 19.4. The van der Waals surface area contributed by atoms with Gasteiger partial charge in [0.25, 0.3) is 0 Å². The molecule has 0 unspecified atom stereocenters. The molecule has 0 amide bonds. The van der Waals surface area contributed by atoms with E-state index in [-0.39, 0.29) is 17.3 Å². The molecule has 0 radical (unpaired) electrons. The van der Waals surface area contributed by atoms with E-state index in [1.165, 1.54) is 6.08 Å². The Bertz CT molecular complexity index is 1330.